The minimum atomic E-state index is -1.14. The van der Waals surface area contributed by atoms with E-state index >= 15 is 0 Å². The number of aryl methyl sites for hydroxylation is 1. The molecule has 2 aromatic heterocycles. The minimum Gasteiger partial charge on any atom is -0.478 e. The van der Waals surface area contributed by atoms with Crippen LogP contribution in [0, 0.1) is 6.92 Å². The number of nitrogens with zero attached hydrogens (tertiary/aromatic N) is 2. The molecule has 0 unspecified atom stereocenters. The van der Waals surface area contributed by atoms with Gasteiger partial charge in [0.2, 0.25) is 0 Å². The fourth-order valence-electron chi connectivity index (χ4n) is 3.15. The average Bonchev–Trinajstić information content (AvgIpc) is 3.36. The molecule has 5 nitrogen and oxygen atoms in total. The number of rotatable bonds is 6. The SMILES string of the molecule is Cc1csc(C(=O)C(Cc2ccccc2)=C(C(=O)O)c2ccc3nsnc3c2)c1. The van der Waals surface area contributed by atoms with Crippen LogP contribution in [0.15, 0.2) is 65.6 Å². The number of ketones is 1. The lowest BCUT2D eigenvalue weighted by Gasteiger charge is -2.12. The van der Waals surface area contributed by atoms with E-state index in [0.717, 1.165) is 22.9 Å². The van der Waals surface area contributed by atoms with Gasteiger partial charge in [0.15, 0.2) is 5.78 Å². The summed E-state index contributed by atoms with van der Waals surface area (Å²) in [7, 11) is 0. The predicted molar refractivity (Wildman–Crippen MR) is 116 cm³/mol. The molecule has 0 saturated carbocycles. The molecule has 0 atom stereocenters. The van der Waals surface area contributed by atoms with Crippen molar-refractivity contribution in [3.8, 4) is 0 Å². The van der Waals surface area contributed by atoms with Gasteiger partial charge in [0, 0.05) is 12.0 Å². The molecule has 0 bridgehead atoms. The number of benzene rings is 2. The quantitative estimate of drug-likeness (QED) is 0.350. The third-order valence-corrected chi connectivity index (χ3v) is 6.11. The van der Waals surface area contributed by atoms with Gasteiger partial charge in [-0.1, -0.05) is 36.4 Å². The van der Waals surface area contributed by atoms with Crippen molar-refractivity contribution in [2.45, 2.75) is 13.3 Å². The molecule has 0 aliphatic carbocycles. The number of carbonyl (C=O) groups is 2. The van der Waals surface area contributed by atoms with Crippen LogP contribution in [-0.4, -0.2) is 25.6 Å². The number of carboxylic acid groups (broad SMARTS) is 1. The van der Waals surface area contributed by atoms with E-state index in [1.807, 2.05) is 42.6 Å². The van der Waals surface area contributed by atoms with Gasteiger partial charge in [-0.15, -0.1) is 11.3 Å². The molecule has 2 heterocycles. The van der Waals surface area contributed by atoms with Gasteiger partial charge in [0.05, 0.1) is 22.2 Å². The zero-order valence-corrected chi connectivity index (χ0v) is 17.1. The molecule has 4 aromatic rings. The van der Waals surface area contributed by atoms with Crippen molar-refractivity contribution in [1.29, 1.82) is 0 Å². The van der Waals surface area contributed by atoms with E-state index in [2.05, 4.69) is 8.75 Å². The Hall–Kier alpha value is -3.16. The Morgan fingerprint density at radius 3 is 2.45 bits per heavy atom. The lowest BCUT2D eigenvalue weighted by Crippen LogP contribution is -2.13. The van der Waals surface area contributed by atoms with Crippen molar-refractivity contribution in [1.82, 2.24) is 8.75 Å². The number of aromatic nitrogens is 2. The summed E-state index contributed by atoms with van der Waals surface area (Å²) in [5.41, 5.74) is 3.87. The molecular weight excluding hydrogens is 404 g/mol. The first-order valence-electron chi connectivity index (χ1n) is 8.86. The third kappa shape index (κ3) is 4.01. The number of carboxylic acids is 1. The van der Waals surface area contributed by atoms with E-state index in [1.54, 1.807) is 24.3 Å². The largest absolute Gasteiger partial charge is 0.478 e. The number of fused-ring (bicyclic) bond motifs is 1. The lowest BCUT2D eigenvalue weighted by molar-refractivity contribution is -0.130. The van der Waals surface area contributed by atoms with Gasteiger partial charge in [-0.25, -0.2) is 4.79 Å². The molecule has 0 saturated heterocycles. The number of allylic oxidation sites excluding steroid dienone is 1. The van der Waals surface area contributed by atoms with Gasteiger partial charge >= 0.3 is 5.97 Å². The van der Waals surface area contributed by atoms with Crippen molar-refractivity contribution < 1.29 is 14.7 Å². The van der Waals surface area contributed by atoms with Gasteiger partial charge in [-0.3, -0.25) is 4.79 Å². The maximum atomic E-state index is 13.4. The minimum absolute atomic E-state index is 0.000180. The zero-order chi connectivity index (χ0) is 20.4. The number of aliphatic carboxylic acids is 1. The van der Waals surface area contributed by atoms with Crippen molar-refractivity contribution in [2.24, 2.45) is 0 Å². The normalized spacial score (nSPS) is 12.0. The van der Waals surface area contributed by atoms with Gasteiger partial charge in [0.25, 0.3) is 0 Å². The lowest BCUT2D eigenvalue weighted by atomic mass is 9.91. The number of hydrogen-bond acceptors (Lipinski definition) is 6. The number of thiophene rings is 1. The Morgan fingerprint density at radius 2 is 1.76 bits per heavy atom. The first-order chi connectivity index (χ1) is 14.0. The van der Waals surface area contributed by atoms with Gasteiger partial charge in [-0.2, -0.15) is 8.75 Å². The Labute approximate surface area is 175 Å². The molecule has 0 radical (unpaired) electrons. The van der Waals surface area contributed by atoms with Crippen LogP contribution in [0.2, 0.25) is 0 Å². The van der Waals surface area contributed by atoms with Gasteiger partial charge in [-0.05, 0) is 47.2 Å². The standard InChI is InChI=1S/C22H16N2O3S2/c1-13-9-19(28-12-13)21(25)16(10-14-5-3-2-4-6-14)20(22(26)27)15-7-8-17-18(11-15)24-29-23-17/h2-9,11-12H,10H2,1H3,(H,26,27). The van der Waals surface area contributed by atoms with Crippen molar-refractivity contribution in [3.63, 3.8) is 0 Å². The van der Waals surface area contributed by atoms with Gasteiger partial charge in [0.1, 0.15) is 11.0 Å². The molecule has 2 aromatic carbocycles. The van der Waals surface area contributed by atoms with Crippen LogP contribution < -0.4 is 0 Å². The summed E-state index contributed by atoms with van der Waals surface area (Å²) in [5, 5.41) is 11.9. The Bertz CT molecular complexity index is 1240. The van der Waals surface area contributed by atoms with Crippen molar-refractivity contribution in [3.05, 3.63) is 87.1 Å². The highest BCUT2D eigenvalue weighted by Gasteiger charge is 2.25. The molecule has 0 aliphatic rings. The molecule has 1 N–H and O–H groups in total. The number of Topliss-reactive ketones (excluding diaryl/α,β-unsaturated/α-hetero) is 1. The maximum Gasteiger partial charge on any atom is 0.336 e. The highest BCUT2D eigenvalue weighted by Crippen LogP contribution is 2.29. The first kappa shape index (κ1) is 19.2. The molecular formula is C22H16N2O3S2. The van der Waals surface area contributed by atoms with E-state index < -0.39 is 5.97 Å². The molecule has 0 amide bonds. The molecule has 29 heavy (non-hydrogen) atoms. The summed E-state index contributed by atoms with van der Waals surface area (Å²) in [6.07, 6.45) is 0.228. The first-order valence-corrected chi connectivity index (χ1v) is 10.5. The monoisotopic (exact) mass is 420 g/mol. The van der Waals surface area contributed by atoms with Gasteiger partial charge < -0.3 is 5.11 Å². The second kappa shape index (κ2) is 8.06. The van der Waals surface area contributed by atoms with Crippen molar-refractivity contribution in [2.75, 3.05) is 0 Å². The topological polar surface area (TPSA) is 80.2 Å². The second-order valence-corrected chi connectivity index (χ2v) is 8.05. The Kier molecular flexibility index (Phi) is 5.33. The predicted octanol–water partition coefficient (Wildman–Crippen LogP) is 5.03. The second-order valence-electron chi connectivity index (χ2n) is 6.61. The van der Waals surface area contributed by atoms with Crippen LogP contribution in [0.1, 0.15) is 26.4 Å². The third-order valence-electron chi connectivity index (χ3n) is 4.51. The number of hydrogen-bond donors (Lipinski definition) is 1. The highest BCUT2D eigenvalue weighted by molar-refractivity contribution is 7.12. The summed E-state index contributed by atoms with van der Waals surface area (Å²) >= 11 is 2.40. The van der Waals surface area contributed by atoms with Crippen LogP contribution in [0.4, 0.5) is 0 Å². The van der Waals surface area contributed by atoms with E-state index in [0.29, 0.717) is 21.5 Å². The highest BCUT2D eigenvalue weighted by atomic mass is 32.1. The summed E-state index contributed by atoms with van der Waals surface area (Å²) in [4.78, 5) is 26.2. The molecule has 0 spiro atoms. The van der Waals surface area contributed by atoms with Crippen molar-refractivity contribution >= 4 is 51.4 Å². The Morgan fingerprint density at radius 1 is 1.00 bits per heavy atom. The van der Waals surface area contributed by atoms with Crippen LogP contribution in [0.5, 0.6) is 0 Å². The average molecular weight is 421 g/mol. The van der Waals surface area contributed by atoms with Crippen LogP contribution in [-0.2, 0) is 11.2 Å². The molecule has 144 valence electrons. The van der Waals surface area contributed by atoms with Crippen LogP contribution in [0.3, 0.4) is 0 Å². The maximum absolute atomic E-state index is 13.4. The molecule has 7 heteroatoms. The van der Waals surface area contributed by atoms with E-state index in [9.17, 15) is 14.7 Å². The summed E-state index contributed by atoms with van der Waals surface area (Å²) in [5.74, 6) is -1.40. The van der Waals surface area contributed by atoms with Crippen LogP contribution >= 0.6 is 23.1 Å². The van der Waals surface area contributed by atoms with E-state index in [1.165, 1.54) is 11.3 Å². The van der Waals surface area contributed by atoms with E-state index in [4.69, 9.17) is 0 Å². The Balaban J connectivity index is 1.91. The fourth-order valence-corrected chi connectivity index (χ4v) is 4.53. The van der Waals surface area contributed by atoms with E-state index in [-0.39, 0.29) is 23.4 Å². The molecule has 0 aliphatic heterocycles. The number of carbonyl (C=O) groups excluding carboxylic acids is 1. The van der Waals surface area contributed by atoms with Crippen LogP contribution in [0.25, 0.3) is 16.6 Å². The molecule has 0 fully saturated rings. The smallest absolute Gasteiger partial charge is 0.336 e. The fraction of sp³-hybridized carbons (Fsp3) is 0.0909. The zero-order valence-electron chi connectivity index (χ0n) is 15.5. The summed E-state index contributed by atoms with van der Waals surface area (Å²) in [6, 6.07) is 16.3. The molecule has 4 rings (SSSR count). The summed E-state index contributed by atoms with van der Waals surface area (Å²) in [6.45, 7) is 1.91. The summed E-state index contributed by atoms with van der Waals surface area (Å²) < 4.78 is 8.37.